The third-order valence-electron chi connectivity index (χ3n) is 4.61. The van der Waals surface area contributed by atoms with E-state index in [-0.39, 0.29) is 24.0 Å². The molecule has 0 aromatic heterocycles. The zero-order chi connectivity index (χ0) is 15.5. The number of amides is 1. The first-order valence-electron chi connectivity index (χ1n) is 7.85. The van der Waals surface area contributed by atoms with Gasteiger partial charge in [-0.05, 0) is 36.8 Å². The van der Waals surface area contributed by atoms with Crippen LogP contribution in [0.25, 0.3) is 0 Å². The minimum absolute atomic E-state index is 0.0209. The number of nitrogens with one attached hydrogen (secondary N) is 1. The Morgan fingerprint density at radius 1 is 1.27 bits per heavy atom. The van der Waals surface area contributed by atoms with E-state index in [1.807, 2.05) is 18.2 Å². The van der Waals surface area contributed by atoms with E-state index < -0.39 is 5.97 Å². The first-order chi connectivity index (χ1) is 10.6. The molecule has 1 aromatic carbocycles. The number of benzene rings is 1. The highest BCUT2D eigenvalue weighted by Gasteiger charge is 2.31. The third kappa shape index (κ3) is 3.30. The second kappa shape index (κ2) is 6.48. The van der Waals surface area contributed by atoms with E-state index in [1.165, 1.54) is 5.56 Å². The van der Waals surface area contributed by atoms with Crippen LogP contribution in [0.2, 0.25) is 0 Å². The molecule has 0 saturated heterocycles. The molecule has 5 heteroatoms. The van der Waals surface area contributed by atoms with Gasteiger partial charge in [-0.2, -0.15) is 0 Å². The number of carbonyl (C=O) groups excluding carboxylic acids is 1. The maximum atomic E-state index is 12.2. The fourth-order valence-corrected chi connectivity index (χ4v) is 3.44. The predicted molar refractivity (Wildman–Crippen MR) is 80.4 cm³/mol. The SMILES string of the molecule is O=C(CC1OCCc2ccccc21)N[C@H]1CC[C@@H](C(=O)O)C1. The molecule has 0 radical (unpaired) electrons. The Kier molecular flexibility index (Phi) is 4.43. The molecule has 1 fully saturated rings. The smallest absolute Gasteiger partial charge is 0.306 e. The normalized spacial score (nSPS) is 27.2. The molecule has 1 aliphatic heterocycles. The van der Waals surface area contributed by atoms with Crippen LogP contribution in [0.1, 0.15) is 42.9 Å². The van der Waals surface area contributed by atoms with Crippen LogP contribution in [-0.2, 0) is 20.7 Å². The first kappa shape index (κ1) is 15.0. The van der Waals surface area contributed by atoms with Crippen molar-refractivity contribution in [3.63, 3.8) is 0 Å². The number of hydrogen-bond donors (Lipinski definition) is 2. The maximum absolute atomic E-state index is 12.2. The molecule has 1 aromatic rings. The lowest BCUT2D eigenvalue weighted by Gasteiger charge is -2.26. The van der Waals surface area contributed by atoms with Crippen LogP contribution in [0, 0.1) is 5.92 Å². The average Bonchev–Trinajstić information content (AvgIpc) is 2.96. The van der Waals surface area contributed by atoms with Gasteiger partial charge in [0.1, 0.15) is 0 Å². The summed E-state index contributed by atoms with van der Waals surface area (Å²) in [6.45, 7) is 0.638. The van der Waals surface area contributed by atoms with Gasteiger partial charge in [-0.3, -0.25) is 9.59 Å². The molecular formula is C17H21NO4. The lowest BCUT2D eigenvalue weighted by Crippen LogP contribution is -2.35. The summed E-state index contributed by atoms with van der Waals surface area (Å²) < 4.78 is 5.74. The molecule has 1 amide bonds. The van der Waals surface area contributed by atoms with Crippen LogP contribution >= 0.6 is 0 Å². The summed E-state index contributed by atoms with van der Waals surface area (Å²) in [5.74, 6) is -1.14. The lowest BCUT2D eigenvalue weighted by molar-refractivity contribution is -0.141. The Hall–Kier alpha value is -1.88. The molecule has 1 saturated carbocycles. The second-order valence-corrected chi connectivity index (χ2v) is 6.13. The van der Waals surface area contributed by atoms with E-state index in [0.29, 0.717) is 25.9 Å². The predicted octanol–water partition coefficient (Wildman–Crippen LogP) is 2.06. The van der Waals surface area contributed by atoms with E-state index in [4.69, 9.17) is 9.84 Å². The van der Waals surface area contributed by atoms with Gasteiger partial charge < -0.3 is 15.2 Å². The van der Waals surface area contributed by atoms with Gasteiger partial charge in [0.05, 0.1) is 25.0 Å². The second-order valence-electron chi connectivity index (χ2n) is 6.13. The van der Waals surface area contributed by atoms with E-state index in [1.54, 1.807) is 0 Å². The minimum atomic E-state index is -0.763. The number of carboxylic acids is 1. The molecule has 1 heterocycles. The van der Waals surface area contributed by atoms with Crippen molar-refractivity contribution in [2.24, 2.45) is 5.92 Å². The molecule has 0 spiro atoms. The van der Waals surface area contributed by atoms with Crippen molar-refractivity contribution < 1.29 is 19.4 Å². The molecular weight excluding hydrogens is 282 g/mol. The molecule has 3 atom stereocenters. The van der Waals surface area contributed by atoms with Gasteiger partial charge in [0.2, 0.25) is 5.91 Å². The van der Waals surface area contributed by atoms with E-state index >= 15 is 0 Å². The highest BCUT2D eigenvalue weighted by atomic mass is 16.5. The minimum Gasteiger partial charge on any atom is -0.481 e. The van der Waals surface area contributed by atoms with Crippen molar-refractivity contribution in [3.8, 4) is 0 Å². The summed E-state index contributed by atoms with van der Waals surface area (Å²) in [6, 6.07) is 8.05. The fraction of sp³-hybridized carbons (Fsp3) is 0.529. The molecule has 0 bridgehead atoms. The van der Waals surface area contributed by atoms with Crippen molar-refractivity contribution >= 4 is 11.9 Å². The van der Waals surface area contributed by atoms with Crippen molar-refractivity contribution in [2.45, 2.75) is 44.2 Å². The Morgan fingerprint density at radius 2 is 2.09 bits per heavy atom. The monoisotopic (exact) mass is 303 g/mol. The summed E-state index contributed by atoms with van der Waals surface area (Å²) in [5.41, 5.74) is 2.34. The third-order valence-corrected chi connectivity index (χ3v) is 4.61. The van der Waals surface area contributed by atoms with Gasteiger partial charge >= 0.3 is 5.97 Å². The van der Waals surface area contributed by atoms with Crippen LogP contribution in [0.5, 0.6) is 0 Å². The lowest BCUT2D eigenvalue weighted by atomic mass is 9.95. The standard InChI is InChI=1S/C17H21NO4/c19-16(18-13-6-5-12(9-13)17(20)21)10-15-14-4-2-1-3-11(14)7-8-22-15/h1-4,12-13,15H,5-10H2,(H,18,19)(H,20,21)/t12-,13+,15?/m1/s1. The van der Waals surface area contributed by atoms with Crippen molar-refractivity contribution in [1.29, 1.82) is 0 Å². The van der Waals surface area contributed by atoms with Crippen LogP contribution in [-0.4, -0.2) is 29.6 Å². The topological polar surface area (TPSA) is 75.6 Å². The molecule has 2 N–H and O–H groups in total. The average molecular weight is 303 g/mol. The Bertz CT molecular complexity index is 572. The van der Waals surface area contributed by atoms with Gasteiger partial charge in [-0.15, -0.1) is 0 Å². The first-order valence-corrected chi connectivity index (χ1v) is 7.85. The Labute approximate surface area is 129 Å². The number of hydrogen-bond acceptors (Lipinski definition) is 3. The van der Waals surface area contributed by atoms with Crippen LogP contribution in [0.4, 0.5) is 0 Å². The van der Waals surface area contributed by atoms with Gasteiger partial charge in [0, 0.05) is 6.04 Å². The zero-order valence-corrected chi connectivity index (χ0v) is 12.5. The number of aliphatic carboxylic acids is 1. The van der Waals surface area contributed by atoms with Crippen molar-refractivity contribution in [2.75, 3.05) is 6.61 Å². The molecule has 1 aliphatic carbocycles. The maximum Gasteiger partial charge on any atom is 0.306 e. The van der Waals surface area contributed by atoms with E-state index in [9.17, 15) is 9.59 Å². The summed E-state index contributed by atoms with van der Waals surface area (Å²) in [4.78, 5) is 23.2. The van der Waals surface area contributed by atoms with E-state index in [0.717, 1.165) is 18.4 Å². The number of carbonyl (C=O) groups is 2. The van der Waals surface area contributed by atoms with Gasteiger partial charge in [0.25, 0.3) is 0 Å². The summed E-state index contributed by atoms with van der Waals surface area (Å²) >= 11 is 0. The summed E-state index contributed by atoms with van der Waals surface area (Å²) in [7, 11) is 0. The molecule has 5 nitrogen and oxygen atoms in total. The number of rotatable bonds is 4. The van der Waals surface area contributed by atoms with E-state index in [2.05, 4.69) is 11.4 Å². The molecule has 22 heavy (non-hydrogen) atoms. The Balaban J connectivity index is 1.56. The summed E-state index contributed by atoms with van der Waals surface area (Å²) in [5, 5.41) is 12.0. The molecule has 2 aliphatic rings. The van der Waals surface area contributed by atoms with Crippen LogP contribution in [0.3, 0.4) is 0 Å². The number of carboxylic acid groups (broad SMARTS) is 1. The number of ether oxygens (including phenoxy) is 1. The van der Waals surface area contributed by atoms with Crippen molar-refractivity contribution in [1.82, 2.24) is 5.32 Å². The Morgan fingerprint density at radius 3 is 2.86 bits per heavy atom. The molecule has 3 rings (SSSR count). The van der Waals surface area contributed by atoms with Gasteiger partial charge in [0.15, 0.2) is 0 Å². The largest absolute Gasteiger partial charge is 0.481 e. The summed E-state index contributed by atoms with van der Waals surface area (Å²) in [6.07, 6.45) is 2.90. The molecule has 118 valence electrons. The van der Waals surface area contributed by atoms with Crippen LogP contribution < -0.4 is 5.32 Å². The quantitative estimate of drug-likeness (QED) is 0.892. The highest BCUT2D eigenvalue weighted by Crippen LogP contribution is 2.30. The molecule has 1 unspecified atom stereocenters. The highest BCUT2D eigenvalue weighted by molar-refractivity contribution is 5.77. The van der Waals surface area contributed by atoms with Gasteiger partial charge in [-0.1, -0.05) is 24.3 Å². The van der Waals surface area contributed by atoms with Crippen molar-refractivity contribution in [3.05, 3.63) is 35.4 Å². The zero-order valence-electron chi connectivity index (χ0n) is 12.5. The van der Waals surface area contributed by atoms with Gasteiger partial charge in [-0.25, -0.2) is 0 Å². The number of fused-ring (bicyclic) bond motifs is 1. The van der Waals surface area contributed by atoms with Crippen LogP contribution in [0.15, 0.2) is 24.3 Å². The fourth-order valence-electron chi connectivity index (χ4n) is 3.44.